The molecule has 0 bridgehead atoms. The van der Waals surface area contributed by atoms with Crippen LogP contribution in [0.5, 0.6) is 0 Å². The Morgan fingerprint density at radius 1 is 1.19 bits per heavy atom. The largest absolute Gasteiger partial charge is 0.355 e. The average Bonchev–Trinajstić information content (AvgIpc) is 3.19. The van der Waals surface area contributed by atoms with Crippen LogP contribution in [0.15, 0.2) is 71.0 Å². The number of halogens is 1. The van der Waals surface area contributed by atoms with Crippen LogP contribution in [0.25, 0.3) is 10.9 Å². The van der Waals surface area contributed by atoms with Crippen LogP contribution in [0.2, 0.25) is 0 Å². The standard InChI is InChI=1S/C24H21FN6O/c1-15(17-7-8-20(21(25)13-17)23(32)26-2)30-31-19(14-29-24(31)27-3)12-16-6-9-22-18(11-16)5-4-10-28-22/h4-11,13-14H,3,12H2,1-2H3,(H,26,32)/b30-15+. The van der Waals surface area contributed by atoms with Gasteiger partial charge in [-0.1, -0.05) is 18.2 Å². The van der Waals surface area contributed by atoms with E-state index in [9.17, 15) is 9.18 Å². The summed E-state index contributed by atoms with van der Waals surface area (Å²) in [6, 6.07) is 14.4. The second-order valence-electron chi connectivity index (χ2n) is 7.19. The quantitative estimate of drug-likeness (QED) is 0.469. The summed E-state index contributed by atoms with van der Waals surface area (Å²) in [4.78, 5) is 24.3. The van der Waals surface area contributed by atoms with Gasteiger partial charge in [0.05, 0.1) is 28.7 Å². The molecule has 0 radical (unpaired) electrons. The zero-order valence-electron chi connectivity index (χ0n) is 17.7. The first kappa shape index (κ1) is 21.0. The molecule has 160 valence electrons. The van der Waals surface area contributed by atoms with E-state index < -0.39 is 11.7 Å². The van der Waals surface area contributed by atoms with E-state index in [0.29, 0.717) is 23.6 Å². The highest BCUT2D eigenvalue weighted by molar-refractivity contribution is 6.00. The number of benzene rings is 2. The Labute approximate surface area is 184 Å². The van der Waals surface area contributed by atoms with E-state index in [4.69, 9.17) is 0 Å². The van der Waals surface area contributed by atoms with Crippen molar-refractivity contribution in [1.29, 1.82) is 0 Å². The van der Waals surface area contributed by atoms with Crippen molar-refractivity contribution in [3.05, 3.63) is 89.1 Å². The van der Waals surface area contributed by atoms with Crippen LogP contribution < -0.4 is 5.32 Å². The van der Waals surface area contributed by atoms with Gasteiger partial charge in [0.1, 0.15) is 5.82 Å². The highest BCUT2D eigenvalue weighted by atomic mass is 19.1. The number of rotatable bonds is 6. The van der Waals surface area contributed by atoms with E-state index in [0.717, 1.165) is 22.2 Å². The van der Waals surface area contributed by atoms with Crippen LogP contribution in [0, 0.1) is 5.82 Å². The van der Waals surface area contributed by atoms with Crippen molar-refractivity contribution in [3.8, 4) is 0 Å². The van der Waals surface area contributed by atoms with Gasteiger partial charge in [0.15, 0.2) is 0 Å². The molecule has 32 heavy (non-hydrogen) atoms. The lowest BCUT2D eigenvalue weighted by atomic mass is 10.1. The van der Waals surface area contributed by atoms with Gasteiger partial charge in [-0.2, -0.15) is 5.10 Å². The lowest BCUT2D eigenvalue weighted by molar-refractivity contribution is 0.0959. The first-order chi connectivity index (χ1) is 15.5. The van der Waals surface area contributed by atoms with Crippen molar-refractivity contribution in [1.82, 2.24) is 20.0 Å². The first-order valence-electron chi connectivity index (χ1n) is 9.94. The number of nitrogens with one attached hydrogen (secondary N) is 1. The minimum Gasteiger partial charge on any atom is -0.355 e. The molecule has 4 rings (SSSR count). The zero-order valence-corrected chi connectivity index (χ0v) is 17.7. The molecule has 1 amide bonds. The molecule has 4 aromatic rings. The molecule has 8 heteroatoms. The molecule has 0 saturated carbocycles. The number of hydrogen-bond acceptors (Lipinski definition) is 5. The summed E-state index contributed by atoms with van der Waals surface area (Å²) in [6.45, 7) is 5.33. The van der Waals surface area contributed by atoms with Crippen molar-refractivity contribution in [3.63, 3.8) is 0 Å². The van der Waals surface area contributed by atoms with Gasteiger partial charge >= 0.3 is 0 Å². The Hall–Kier alpha value is -4.20. The molecule has 0 saturated heterocycles. The van der Waals surface area contributed by atoms with Gasteiger partial charge < -0.3 is 5.32 Å². The van der Waals surface area contributed by atoms with E-state index in [1.54, 1.807) is 30.1 Å². The molecular formula is C24H21FN6O. The molecule has 2 aromatic heterocycles. The van der Waals surface area contributed by atoms with Crippen molar-refractivity contribution in [2.75, 3.05) is 7.05 Å². The SMILES string of the molecule is C=Nc1ncc(Cc2ccc3ncccc3c2)n1/N=C(\C)c1ccc(C(=O)NC)c(F)c1. The normalized spacial score (nSPS) is 11.5. The van der Waals surface area contributed by atoms with Gasteiger partial charge in [0, 0.05) is 30.6 Å². The average molecular weight is 428 g/mol. The third-order valence-electron chi connectivity index (χ3n) is 5.09. The fourth-order valence-electron chi connectivity index (χ4n) is 3.42. The third-order valence-corrected chi connectivity index (χ3v) is 5.09. The van der Waals surface area contributed by atoms with E-state index in [1.807, 2.05) is 24.3 Å². The molecular weight excluding hydrogens is 407 g/mol. The number of aromatic nitrogens is 3. The van der Waals surface area contributed by atoms with E-state index in [-0.39, 0.29) is 5.56 Å². The van der Waals surface area contributed by atoms with Crippen molar-refractivity contribution in [2.24, 2.45) is 10.1 Å². The predicted molar refractivity (Wildman–Crippen MR) is 123 cm³/mol. The lowest BCUT2D eigenvalue weighted by Gasteiger charge is -2.09. The zero-order chi connectivity index (χ0) is 22.7. The van der Waals surface area contributed by atoms with Crippen molar-refractivity contribution in [2.45, 2.75) is 13.3 Å². The van der Waals surface area contributed by atoms with Crippen molar-refractivity contribution < 1.29 is 9.18 Å². The molecule has 0 atom stereocenters. The van der Waals surface area contributed by atoms with Crippen LogP contribution in [0.4, 0.5) is 10.3 Å². The van der Waals surface area contributed by atoms with Gasteiger partial charge in [-0.05, 0) is 49.5 Å². The summed E-state index contributed by atoms with van der Waals surface area (Å²) in [6.07, 6.45) is 4.03. The Bertz CT molecular complexity index is 1360. The van der Waals surface area contributed by atoms with Crippen LogP contribution in [0.3, 0.4) is 0 Å². The second kappa shape index (κ2) is 8.89. The van der Waals surface area contributed by atoms with Crippen LogP contribution in [0.1, 0.15) is 34.1 Å². The molecule has 0 aliphatic heterocycles. The number of pyridine rings is 1. The minimum atomic E-state index is -0.617. The molecule has 0 fully saturated rings. The molecule has 0 spiro atoms. The van der Waals surface area contributed by atoms with Gasteiger partial charge in [0.25, 0.3) is 5.91 Å². The van der Waals surface area contributed by atoms with Gasteiger partial charge in [-0.25, -0.2) is 19.0 Å². The molecule has 7 nitrogen and oxygen atoms in total. The summed E-state index contributed by atoms with van der Waals surface area (Å²) in [5.74, 6) is -0.761. The molecule has 1 N–H and O–H groups in total. The summed E-state index contributed by atoms with van der Waals surface area (Å²) in [7, 11) is 1.46. The van der Waals surface area contributed by atoms with Crippen molar-refractivity contribution >= 4 is 35.2 Å². The number of fused-ring (bicyclic) bond motifs is 1. The summed E-state index contributed by atoms with van der Waals surface area (Å²) in [5, 5.41) is 8.08. The Balaban J connectivity index is 1.68. The number of carbonyl (C=O) groups excluding carboxylic acids is 1. The highest BCUT2D eigenvalue weighted by Crippen LogP contribution is 2.21. The second-order valence-corrected chi connectivity index (χ2v) is 7.19. The summed E-state index contributed by atoms with van der Waals surface area (Å²) >= 11 is 0. The van der Waals surface area contributed by atoms with Crippen LogP contribution in [-0.4, -0.2) is 40.0 Å². The number of aliphatic imine (C=N–C) groups is 1. The van der Waals surface area contributed by atoms with Crippen LogP contribution >= 0.6 is 0 Å². The Morgan fingerprint density at radius 2 is 2.03 bits per heavy atom. The number of hydrogen-bond donors (Lipinski definition) is 1. The summed E-state index contributed by atoms with van der Waals surface area (Å²) in [5.41, 5.74) is 3.86. The molecule has 0 aliphatic carbocycles. The number of imidazole rings is 1. The molecule has 2 aromatic carbocycles. The van der Waals surface area contributed by atoms with E-state index >= 15 is 0 Å². The van der Waals surface area contributed by atoms with E-state index in [2.05, 4.69) is 38.2 Å². The fourth-order valence-corrected chi connectivity index (χ4v) is 3.42. The Kier molecular flexibility index (Phi) is 5.85. The number of amides is 1. The van der Waals surface area contributed by atoms with E-state index in [1.165, 1.54) is 19.2 Å². The molecule has 2 heterocycles. The number of carbonyl (C=O) groups is 1. The lowest BCUT2D eigenvalue weighted by Crippen LogP contribution is -2.19. The fraction of sp³-hybridized carbons (Fsp3) is 0.125. The molecule has 0 aliphatic rings. The van der Waals surface area contributed by atoms with Gasteiger partial charge in [-0.15, -0.1) is 0 Å². The third kappa shape index (κ3) is 4.15. The van der Waals surface area contributed by atoms with Gasteiger partial charge in [-0.3, -0.25) is 9.78 Å². The minimum absolute atomic E-state index is 0.0217. The smallest absolute Gasteiger partial charge is 0.253 e. The predicted octanol–water partition coefficient (Wildman–Crippen LogP) is 4.13. The first-order valence-corrected chi connectivity index (χ1v) is 9.94. The maximum atomic E-state index is 14.4. The number of nitrogens with zero attached hydrogens (tertiary/aromatic N) is 5. The maximum absolute atomic E-state index is 14.4. The Morgan fingerprint density at radius 3 is 2.78 bits per heavy atom. The highest BCUT2D eigenvalue weighted by Gasteiger charge is 2.14. The van der Waals surface area contributed by atoms with Crippen LogP contribution in [-0.2, 0) is 6.42 Å². The molecule has 0 unspecified atom stereocenters. The van der Waals surface area contributed by atoms with Gasteiger partial charge in [0.2, 0.25) is 5.95 Å². The topological polar surface area (TPSA) is 84.5 Å². The monoisotopic (exact) mass is 428 g/mol. The maximum Gasteiger partial charge on any atom is 0.253 e. The summed E-state index contributed by atoms with van der Waals surface area (Å²) < 4.78 is 16.0.